The average Bonchev–Trinajstić information content (AvgIpc) is 2.97. The lowest BCUT2D eigenvalue weighted by Gasteiger charge is -2.23. The fourth-order valence-electron chi connectivity index (χ4n) is 4.38. The molecular formula is C30H32N6O8. The molecule has 3 aromatic rings. The third-order valence-electron chi connectivity index (χ3n) is 6.61. The predicted octanol–water partition coefficient (Wildman–Crippen LogP) is 0.669. The van der Waals surface area contributed by atoms with Gasteiger partial charge in [-0.1, -0.05) is 12.0 Å². The molecule has 0 aliphatic carbocycles. The van der Waals surface area contributed by atoms with Crippen LogP contribution in [0, 0.1) is 19.3 Å². The first-order valence-electron chi connectivity index (χ1n) is 13.5. The Morgan fingerprint density at radius 2 is 1.64 bits per heavy atom. The number of fused-ring (bicyclic) bond motifs is 1. The van der Waals surface area contributed by atoms with Crippen molar-refractivity contribution in [3.8, 4) is 12.3 Å². The van der Waals surface area contributed by atoms with Gasteiger partial charge in [-0.05, 0) is 61.7 Å². The Bertz CT molecular complexity index is 1660. The average molecular weight is 605 g/mol. The van der Waals surface area contributed by atoms with E-state index in [4.69, 9.17) is 12.2 Å². The molecular weight excluding hydrogens is 572 g/mol. The number of nitrogens with two attached hydrogens (primary N) is 1. The Kier molecular flexibility index (Phi) is 11.2. The molecule has 230 valence electrons. The first-order chi connectivity index (χ1) is 20.9. The molecule has 0 saturated heterocycles. The molecule has 44 heavy (non-hydrogen) atoms. The van der Waals surface area contributed by atoms with Crippen LogP contribution in [-0.4, -0.2) is 68.5 Å². The highest BCUT2D eigenvalue weighted by atomic mass is 16.4. The van der Waals surface area contributed by atoms with Crippen molar-refractivity contribution in [1.82, 2.24) is 20.6 Å². The van der Waals surface area contributed by atoms with E-state index in [-0.39, 0.29) is 36.9 Å². The van der Waals surface area contributed by atoms with E-state index < -0.39 is 48.2 Å². The first kappa shape index (κ1) is 32.8. The van der Waals surface area contributed by atoms with E-state index >= 15 is 0 Å². The summed E-state index contributed by atoms with van der Waals surface area (Å²) in [5.74, 6) is -1.85. The summed E-state index contributed by atoms with van der Waals surface area (Å²) in [7, 11) is 0. The molecule has 1 aromatic heterocycles. The number of aromatic nitrogens is 2. The summed E-state index contributed by atoms with van der Waals surface area (Å²) in [5, 5.41) is 23.8. The van der Waals surface area contributed by atoms with Gasteiger partial charge in [0.05, 0.1) is 17.4 Å². The van der Waals surface area contributed by atoms with Gasteiger partial charge in [-0.15, -0.1) is 6.42 Å². The van der Waals surface area contributed by atoms with Gasteiger partial charge < -0.3 is 36.5 Å². The number of aliphatic carboxylic acids is 2. The molecule has 0 aliphatic heterocycles. The van der Waals surface area contributed by atoms with E-state index in [0.717, 1.165) is 5.56 Å². The smallest absolute Gasteiger partial charge is 0.326 e. The predicted molar refractivity (Wildman–Crippen MR) is 160 cm³/mol. The molecule has 0 fully saturated rings. The number of carboxylic acids is 2. The number of nitrogens with one attached hydrogen (secondary N) is 3. The van der Waals surface area contributed by atoms with Gasteiger partial charge in [0.2, 0.25) is 11.8 Å². The van der Waals surface area contributed by atoms with Crippen LogP contribution in [0.1, 0.15) is 47.4 Å². The zero-order chi connectivity index (χ0) is 32.4. The van der Waals surface area contributed by atoms with E-state index in [2.05, 4.69) is 26.5 Å². The molecule has 0 aliphatic rings. The molecule has 3 rings (SSSR count). The number of aromatic amines is 1. The number of anilines is 1. The van der Waals surface area contributed by atoms with Crippen molar-refractivity contribution >= 4 is 46.3 Å². The monoisotopic (exact) mass is 604 g/mol. The molecule has 0 bridgehead atoms. The van der Waals surface area contributed by atoms with Crippen molar-refractivity contribution in [2.75, 3.05) is 11.4 Å². The van der Waals surface area contributed by atoms with Crippen LogP contribution in [-0.2, 0) is 25.7 Å². The van der Waals surface area contributed by atoms with Crippen LogP contribution >= 0.6 is 0 Å². The van der Waals surface area contributed by atoms with Gasteiger partial charge >= 0.3 is 11.9 Å². The zero-order valence-corrected chi connectivity index (χ0v) is 23.8. The van der Waals surface area contributed by atoms with Crippen molar-refractivity contribution in [2.24, 2.45) is 5.73 Å². The molecule has 14 nitrogen and oxygen atoms in total. The second-order valence-electron chi connectivity index (χ2n) is 9.98. The highest BCUT2D eigenvalue weighted by Gasteiger charge is 2.24. The number of hydrogen-bond acceptors (Lipinski definition) is 8. The number of rotatable bonds is 15. The number of H-pyrrole nitrogens is 1. The minimum atomic E-state index is -1.44. The van der Waals surface area contributed by atoms with E-state index in [1.165, 1.54) is 12.1 Å². The number of nitrogens with zero attached hydrogens (tertiary/aromatic N) is 2. The van der Waals surface area contributed by atoms with Gasteiger partial charge in [-0.2, -0.15) is 0 Å². The van der Waals surface area contributed by atoms with Gasteiger partial charge in [-0.3, -0.25) is 19.2 Å². The van der Waals surface area contributed by atoms with E-state index in [0.29, 0.717) is 29.0 Å². The summed E-state index contributed by atoms with van der Waals surface area (Å²) in [6.45, 7) is 2.28. The molecule has 7 N–H and O–H groups in total. The Morgan fingerprint density at radius 1 is 1.00 bits per heavy atom. The summed E-state index contributed by atoms with van der Waals surface area (Å²) < 4.78 is 0. The molecule has 2 atom stereocenters. The van der Waals surface area contributed by atoms with Crippen LogP contribution in [0.15, 0.2) is 47.3 Å². The number of carbonyl (C=O) groups is 5. The second kappa shape index (κ2) is 15.0. The summed E-state index contributed by atoms with van der Waals surface area (Å²) in [6, 6.07) is 8.81. The van der Waals surface area contributed by atoms with Gasteiger partial charge in [0.25, 0.3) is 11.5 Å². The largest absolute Gasteiger partial charge is 0.480 e. The van der Waals surface area contributed by atoms with Crippen LogP contribution in [0.25, 0.3) is 10.9 Å². The number of carbonyl (C=O) groups excluding carboxylic acids is 3. The van der Waals surface area contributed by atoms with Crippen LogP contribution in [0.4, 0.5) is 5.69 Å². The van der Waals surface area contributed by atoms with Gasteiger partial charge in [0.1, 0.15) is 17.9 Å². The maximum Gasteiger partial charge on any atom is 0.326 e. The Balaban J connectivity index is 1.64. The lowest BCUT2D eigenvalue weighted by molar-refractivity contribution is -0.143. The number of terminal acetylenes is 1. The van der Waals surface area contributed by atoms with Crippen molar-refractivity contribution in [2.45, 2.75) is 51.2 Å². The number of carboxylic acid groups (broad SMARTS) is 2. The van der Waals surface area contributed by atoms with Crippen LogP contribution in [0.3, 0.4) is 0 Å². The lowest BCUT2D eigenvalue weighted by atomic mass is 10.1. The number of hydrogen-bond donors (Lipinski definition) is 6. The Labute approximate surface area is 251 Å². The fourth-order valence-corrected chi connectivity index (χ4v) is 4.38. The molecule has 0 radical (unpaired) electrons. The Morgan fingerprint density at radius 3 is 2.25 bits per heavy atom. The van der Waals surface area contributed by atoms with Crippen LogP contribution in [0.5, 0.6) is 0 Å². The minimum Gasteiger partial charge on any atom is -0.480 e. The third-order valence-corrected chi connectivity index (χ3v) is 6.61. The normalized spacial score (nSPS) is 12.0. The van der Waals surface area contributed by atoms with Crippen molar-refractivity contribution in [3.05, 3.63) is 69.8 Å². The molecule has 3 amide bonds. The minimum absolute atomic E-state index is 0.154. The third kappa shape index (κ3) is 9.15. The highest BCUT2D eigenvalue weighted by molar-refractivity contribution is 5.97. The molecule has 1 heterocycles. The summed E-state index contributed by atoms with van der Waals surface area (Å²) in [6.07, 6.45) is 4.39. The number of primary amides is 1. The zero-order valence-electron chi connectivity index (χ0n) is 23.8. The maximum atomic E-state index is 12.8. The van der Waals surface area contributed by atoms with E-state index in [1.54, 1.807) is 31.2 Å². The van der Waals surface area contributed by atoms with E-state index in [9.17, 15) is 39.0 Å². The quantitative estimate of drug-likeness (QED) is 0.133. The molecule has 0 spiro atoms. The summed E-state index contributed by atoms with van der Waals surface area (Å²) in [5.41, 5.74) is 6.97. The summed E-state index contributed by atoms with van der Waals surface area (Å²) in [4.78, 5) is 80.3. The highest BCUT2D eigenvalue weighted by Crippen LogP contribution is 2.20. The van der Waals surface area contributed by atoms with Crippen LogP contribution < -0.4 is 26.8 Å². The SMILES string of the molecule is C#CCN(Cc1ccc2nc(C)[nH]c(=O)c2c1)c1ccc(C(=O)N[C@H](CCC(=O)N[C@H](CCC(N)=O)C(=O)O)C(=O)O)cc1. The Hall–Kier alpha value is -5.71. The van der Waals surface area contributed by atoms with Gasteiger partial charge in [-0.25, -0.2) is 14.6 Å². The fraction of sp³-hybridized carbons (Fsp3) is 0.300. The van der Waals surface area contributed by atoms with Gasteiger partial charge in [0, 0.05) is 30.6 Å². The van der Waals surface area contributed by atoms with Crippen LogP contribution in [0.2, 0.25) is 0 Å². The first-order valence-corrected chi connectivity index (χ1v) is 13.5. The summed E-state index contributed by atoms with van der Waals surface area (Å²) >= 11 is 0. The second-order valence-corrected chi connectivity index (χ2v) is 9.98. The maximum absolute atomic E-state index is 12.8. The number of aryl methyl sites for hydroxylation is 1. The van der Waals surface area contributed by atoms with Crippen molar-refractivity contribution in [1.29, 1.82) is 0 Å². The molecule has 2 aromatic carbocycles. The lowest BCUT2D eigenvalue weighted by Crippen LogP contribution is -2.44. The number of benzene rings is 2. The molecule has 0 saturated carbocycles. The van der Waals surface area contributed by atoms with E-state index in [1.807, 2.05) is 11.0 Å². The number of amides is 3. The molecule has 0 unspecified atom stereocenters. The van der Waals surface area contributed by atoms with Crippen molar-refractivity contribution < 1.29 is 34.2 Å². The van der Waals surface area contributed by atoms with Gasteiger partial charge in [0.15, 0.2) is 0 Å². The standard InChI is InChI=1S/C30H32N6O8/c1-3-14-36(16-18-4-9-22-21(15-18)28(40)33-17(2)32-22)20-7-5-19(6-8-20)27(39)35-24(30(43)44)11-13-26(38)34-23(29(41)42)10-12-25(31)37/h1,4-9,15,23-24H,10-14,16H2,2H3,(H2,31,37)(H,34,38)(H,35,39)(H,41,42)(H,43,44)(H,32,33,40)/t23-,24-/m1/s1. The van der Waals surface area contributed by atoms with Crippen molar-refractivity contribution in [3.63, 3.8) is 0 Å². The molecule has 14 heteroatoms. The topological polar surface area (TPSA) is 225 Å².